The third-order valence-electron chi connectivity index (χ3n) is 3.21. The van der Waals surface area contributed by atoms with Crippen molar-refractivity contribution in [3.63, 3.8) is 0 Å². The van der Waals surface area contributed by atoms with Gasteiger partial charge in [0.2, 0.25) is 0 Å². The Morgan fingerprint density at radius 3 is 2.65 bits per heavy atom. The van der Waals surface area contributed by atoms with E-state index in [9.17, 15) is 4.79 Å². The SMILES string of the molecule is CCC(C)n1c(=O)[nH]c2ccc(C(C)C)nc21. The molecule has 0 saturated heterocycles. The average Bonchev–Trinajstić information content (AvgIpc) is 2.62. The molecule has 0 aliphatic carbocycles. The maximum absolute atomic E-state index is 11.9. The van der Waals surface area contributed by atoms with Crippen LogP contribution in [0.4, 0.5) is 0 Å². The van der Waals surface area contributed by atoms with E-state index in [4.69, 9.17) is 0 Å². The van der Waals surface area contributed by atoms with Gasteiger partial charge in [-0.1, -0.05) is 20.8 Å². The van der Waals surface area contributed by atoms with Crippen molar-refractivity contribution < 1.29 is 0 Å². The van der Waals surface area contributed by atoms with Crippen molar-refractivity contribution >= 4 is 11.2 Å². The minimum atomic E-state index is -0.0669. The Kier molecular flexibility index (Phi) is 3.05. The molecular weight excluding hydrogens is 214 g/mol. The molecule has 0 aliphatic rings. The highest BCUT2D eigenvalue weighted by Gasteiger charge is 2.13. The number of hydrogen-bond acceptors (Lipinski definition) is 2. The van der Waals surface area contributed by atoms with Crippen molar-refractivity contribution in [2.45, 2.75) is 46.1 Å². The van der Waals surface area contributed by atoms with E-state index < -0.39 is 0 Å². The molecule has 0 fully saturated rings. The number of H-pyrrole nitrogens is 1. The van der Waals surface area contributed by atoms with Gasteiger partial charge >= 0.3 is 5.69 Å². The van der Waals surface area contributed by atoms with Crippen LogP contribution in [0.3, 0.4) is 0 Å². The lowest BCUT2D eigenvalue weighted by Crippen LogP contribution is -2.20. The predicted octanol–water partition coefficient (Wildman–Crippen LogP) is 2.82. The number of rotatable bonds is 3. The number of hydrogen-bond donors (Lipinski definition) is 1. The topological polar surface area (TPSA) is 50.7 Å². The predicted molar refractivity (Wildman–Crippen MR) is 69.4 cm³/mol. The number of nitrogens with zero attached hydrogens (tertiary/aromatic N) is 2. The quantitative estimate of drug-likeness (QED) is 0.886. The van der Waals surface area contributed by atoms with Crippen LogP contribution in [0, 0.1) is 0 Å². The van der Waals surface area contributed by atoms with Gasteiger partial charge in [0.15, 0.2) is 5.65 Å². The van der Waals surface area contributed by atoms with Gasteiger partial charge in [-0.3, -0.25) is 4.57 Å². The third kappa shape index (κ3) is 1.99. The van der Waals surface area contributed by atoms with Crippen LogP contribution < -0.4 is 5.69 Å². The van der Waals surface area contributed by atoms with Crippen LogP contribution in [0.1, 0.15) is 51.8 Å². The van der Waals surface area contributed by atoms with E-state index in [1.54, 1.807) is 4.57 Å². The first-order valence-electron chi connectivity index (χ1n) is 6.15. The van der Waals surface area contributed by atoms with Gasteiger partial charge in [0, 0.05) is 11.7 Å². The lowest BCUT2D eigenvalue weighted by molar-refractivity contribution is 0.526. The zero-order chi connectivity index (χ0) is 12.6. The van der Waals surface area contributed by atoms with Gasteiger partial charge in [0.05, 0.1) is 5.52 Å². The van der Waals surface area contributed by atoms with Gasteiger partial charge in [-0.2, -0.15) is 0 Å². The zero-order valence-electron chi connectivity index (χ0n) is 10.8. The Balaban J connectivity index is 2.69. The third-order valence-corrected chi connectivity index (χ3v) is 3.21. The van der Waals surface area contributed by atoms with Crippen LogP contribution in [-0.4, -0.2) is 14.5 Å². The monoisotopic (exact) mass is 233 g/mol. The number of fused-ring (bicyclic) bond motifs is 1. The van der Waals surface area contributed by atoms with E-state index in [1.807, 2.05) is 19.1 Å². The van der Waals surface area contributed by atoms with Crippen molar-refractivity contribution in [1.29, 1.82) is 0 Å². The molecule has 2 aromatic rings. The van der Waals surface area contributed by atoms with Crippen LogP contribution in [0.2, 0.25) is 0 Å². The van der Waals surface area contributed by atoms with E-state index in [-0.39, 0.29) is 11.7 Å². The fraction of sp³-hybridized carbons (Fsp3) is 0.538. The molecule has 0 saturated carbocycles. The molecule has 0 aromatic carbocycles. The van der Waals surface area contributed by atoms with Gasteiger partial charge in [-0.15, -0.1) is 0 Å². The molecule has 4 nitrogen and oxygen atoms in total. The first-order chi connectivity index (χ1) is 8.04. The minimum absolute atomic E-state index is 0.0669. The molecule has 0 spiro atoms. The van der Waals surface area contributed by atoms with Crippen LogP contribution in [-0.2, 0) is 0 Å². The van der Waals surface area contributed by atoms with Crippen LogP contribution >= 0.6 is 0 Å². The Labute approximate surface area is 101 Å². The molecule has 0 radical (unpaired) electrons. The van der Waals surface area contributed by atoms with E-state index in [0.29, 0.717) is 5.92 Å². The summed E-state index contributed by atoms with van der Waals surface area (Å²) in [5, 5.41) is 0. The van der Waals surface area contributed by atoms with Crippen molar-refractivity contribution in [3.05, 3.63) is 28.3 Å². The average molecular weight is 233 g/mol. The maximum Gasteiger partial charge on any atom is 0.327 e. The standard InChI is InChI=1S/C13H19N3O/c1-5-9(4)16-12-11(15-13(16)17)7-6-10(14-12)8(2)3/h6-9H,5H2,1-4H3,(H,15,17). The number of aromatic nitrogens is 3. The van der Waals surface area contributed by atoms with Gasteiger partial charge in [0.25, 0.3) is 0 Å². The second-order valence-corrected chi connectivity index (χ2v) is 4.82. The Hall–Kier alpha value is -1.58. The van der Waals surface area contributed by atoms with E-state index >= 15 is 0 Å². The summed E-state index contributed by atoms with van der Waals surface area (Å²) in [5.41, 5.74) is 2.55. The molecule has 0 aliphatic heterocycles. The molecule has 1 N–H and O–H groups in total. The van der Waals surface area contributed by atoms with Crippen LogP contribution in [0.5, 0.6) is 0 Å². The molecule has 0 bridgehead atoms. The summed E-state index contributed by atoms with van der Waals surface area (Å²) in [4.78, 5) is 19.3. The van der Waals surface area contributed by atoms with E-state index in [2.05, 4.69) is 30.7 Å². The van der Waals surface area contributed by atoms with Gasteiger partial charge < -0.3 is 4.98 Å². The van der Waals surface area contributed by atoms with Crippen LogP contribution in [0.15, 0.2) is 16.9 Å². The number of imidazole rings is 1. The number of aromatic amines is 1. The first kappa shape index (κ1) is 11.9. The molecule has 92 valence electrons. The van der Waals surface area contributed by atoms with Crippen molar-refractivity contribution in [3.8, 4) is 0 Å². The number of nitrogens with one attached hydrogen (secondary N) is 1. The summed E-state index contributed by atoms with van der Waals surface area (Å²) in [7, 11) is 0. The van der Waals surface area contributed by atoms with Gasteiger partial charge in [-0.25, -0.2) is 9.78 Å². The summed E-state index contributed by atoms with van der Waals surface area (Å²) in [6, 6.07) is 4.09. The molecule has 2 aromatic heterocycles. The largest absolute Gasteiger partial charge is 0.327 e. The lowest BCUT2D eigenvalue weighted by atomic mass is 10.1. The fourth-order valence-electron chi connectivity index (χ4n) is 1.93. The molecule has 1 unspecified atom stereocenters. The molecule has 0 amide bonds. The van der Waals surface area contributed by atoms with Crippen molar-refractivity contribution in [2.24, 2.45) is 0 Å². The summed E-state index contributed by atoms with van der Waals surface area (Å²) < 4.78 is 1.75. The summed E-state index contributed by atoms with van der Waals surface area (Å²) >= 11 is 0. The smallest absolute Gasteiger partial charge is 0.304 e. The highest BCUT2D eigenvalue weighted by atomic mass is 16.1. The Bertz CT molecular complexity index is 580. The number of pyridine rings is 1. The van der Waals surface area contributed by atoms with E-state index in [0.717, 1.165) is 23.3 Å². The first-order valence-corrected chi connectivity index (χ1v) is 6.15. The molecule has 4 heteroatoms. The zero-order valence-corrected chi connectivity index (χ0v) is 10.8. The lowest BCUT2D eigenvalue weighted by Gasteiger charge is -2.11. The maximum atomic E-state index is 11.9. The van der Waals surface area contributed by atoms with Gasteiger partial charge in [-0.05, 0) is 31.4 Å². The Morgan fingerprint density at radius 2 is 2.06 bits per heavy atom. The molecule has 17 heavy (non-hydrogen) atoms. The molecular formula is C13H19N3O. The molecule has 1 atom stereocenters. The summed E-state index contributed by atoms with van der Waals surface area (Å²) in [6.07, 6.45) is 0.917. The van der Waals surface area contributed by atoms with Crippen molar-refractivity contribution in [1.82, 2.24) is 14.5 Å². The molecule has 2 rings (SSSR count). The normalized spacial score (nSPS) is 13.5. The highest BCUT2D eigenvalue weighted by molar-refractivity contribution is 5.71. The summed E-state index contributed by atoms with van der Waals surface area (Å²) in [5.74, 6) is 0.370. The highest BCUT2D eigenvalue weighted by Crippen LogP contribution is 2.18. The summed E-state index contributed by atoms with van der Waals surface area (Å²) in [6.45, 7) is 8.32. The molecule has 2 heterocycles. The fourth-order valence-corrected chi connectivity index (χ4v) is 1.93. The van der Waals surface area contributed by atoms with Crippen LogP contribution in [0.25, 0.3) is 11.2 Å². The minimum Gasteiger partial charge on any atom is -0.304 e. The second kappa shape index (κ2) is 4.35. The Morgan fingerprint density at radius 1 is 1.35 bits per heavy atom. The van der Waals surface area contributed by atoms with Crippen molar-refractivity contribution in [2.75, 3.05) is 0 Å². The van der Waals surface area contributed by atoms with E-state index in [1.165, 1.54) is 0 Å². The second-order valence-electron chi connectivity index (χ2n) is 4.82. The van der Waals surface area contributed by atoms with Gasteiger partial charge in [0.1, 0.15) is 0 Å².